The van der Waals surface area contributed by atoms with Gasteiger partial charge < -0.3 is 5.11 Å². The summed E-state index contributed by atoms with van der Waals surface area (Å²) in [6.45, 7) is 17.1. The van der Waals surface area contributed by atoms with Gasteiger partial charge in [-0.3, -0.25) is 0 Å². The van der Waals surface area contributed by atoms with Crippen LogP contribution in [0.5, 0.6) is 0 Å². The quantitative estimate of drug-likeness (QED) is 0.674. The summed E-state index contributed by atoms with van der Waals surface area (Å²) >= 11 is 0. The Kier molecular flexibility index (Phi) is 14.5. The van der Waals surface area contributed by atoms with E-state index in [9.17, 15) is 5.11 Å². The molecule has 0 saturated heterocycles. The van der Waals surface area contributed by atoms with E-state index in [1.165, 1.54) is 25.7 Å². The maximum Gasteiger partial charge on any atom is 0.0571 e. The Morgan fingerprint density at radius 2 is 1.47 bits per heavy atom. The van der Waals surface area contributed by atoms with Crippen LogP contribution in [0.2, 0.25) is 0 Å². The van der Waals surface area contributed by atoms with Crippen LogP contribution in [0.3, 0.4) is 0 Å². The van der Waals surface area contributed by atoms with E-state index < -0.39 is 0 Å². The highest BCUT2D eigenvalue weighted by molar-refractivity contribution is 4.81. The molecule has 0 bridgehead atoms. The van der Waals surface area contributed by atoms with Crippen LogP contribution in [0, 0.1) is 23.7 Å². The van der Waals surface area contributed by atoms with Crippen LogP contribution in [-0.4, -0.2) is 11.2 Å². The molecule has 118 valence electrons. The van der Waals surface area contributed by atoms with Crippen LogP contribution in [0.15, 0.2) is 0 Å². The molecule has 3 unspecified atom stereocenters. The standard InChI is InChI=1S/C14H28O.2C2H6/c1-10(2)5-6-12-7-8-14(15)13(9-12)11(3)4;2*1-2/h10-15H,5-9H2,1-4H3;2*1-2H3. The second-order valence-corrected chi connectivity index (χ2v) is 6.13. The highest BCUT2D eigenvalue weighted by Gasteiger charge is 2.30. The van der Waals surface area contributed by atoms with Crippen LogP contribution in [0.25, 0.3) is 0 Å². The second kappa shape index (κ2) is 13.0. The zero-order valence-electron chi connectivity index (χ0n) is 14.9. The number of aliphatic hydroxyl groups is 1. The average Bonchev–Trinajstić information content (AvgIpc) is 2.42. The van der Waals surface area contributed by atoms with Gasteiger partial charge in [0.15, 0.2) is 0 Å². The lowest BCUT2D eigenvalue weighted by Crippen LogP contribution is -2.32. The Hall–Kier alpha value is -0.0400. The molecule has 19 heavy (non-hydrogen) atoms. The van der Waals surface area contributed by atoms with Gasteiger partial charge in [0.1, 0.15) is 0 Å². The van der Waals surface area contributed by atoms with E-state index in [2.05, 4.69) is 27.7 Å². The lowest BCUT2D eigenvalue weighted by molar-refractivity contribution is 0.0223. The van der Waals surface area contributed by atoms with Crippen molar-refractivity contribution in [3.05, 3.63) is 0 Å². The first-order valence-electron chi connectivity index (χ1n) is 8.68. The summed E-state index contributed by atoms with van der Waals surface area (Å²) in [5.41, 5.74) is 0. The van der Waals surface area contributed by atoms with Crippen molar-refractivity contribution in [3.8, 4) is 0 Å². The fourth-order valence-corrected chi connectivity index (χ4v) is 2.83. The molecule has 1 heteroatoms. The van der Waals surface area contributed by atoms with E-state index in [0.29, 0.717) is 11.8 Å². The van der Waals surface area contributed by atoms with Gasteiger partial charge in [-0.25, -0.2) is 0 Å². The maximum absolute atomic E-state index is 9.93. The zero-order valence-corrected chi connectivity index (χ0v) is 14.9. The molecule has 1 aliphatic rings. The van der Waals surface area contributed by atoms with Crippen molar-refractivity contribution in [2.75, 3.05) is 0 Å². The fraction of sp³-hybridized carbons (Fsp3) is 1.00. The van der Waals surface area contributed by atoms with Crippen molar-refractivity contribution in [2.24, 2.45) is 23.7 Å². The van der Waals surface area contributed by atoms with Gasteiger partial charge in [0, 0.05) is 0 Å². The van der Waals surface area contributed by atoms with Crippen molar-refractivity contribution in [1.29, 1.82) is 0 Å². The van der Waals surface area contributed by atoms with Gasteiger partial charge in [-0.15, -0.1) is 0 Å². The largest absolute Gasteiger partial charge is 0.393 e. The minimum atomic E-state index is -0.0275. The van der Waals surface area contributed by atoms with E-state index in [1.807, 2.05) is 27.7 Å². The first kappa shape index (κ1) is 21.3. The Morgan fingerprint density at radius 3 is 1.89 bits per heavy atom. The number of rotatable bonds is 4. The molecule has 0 amide bonds. The Balaban J connectivity index is 0. The average molecular weight is 273 g/mol. The number of hydrogen-bond acceptors (Lipinski definition) is 1. The molecule has 0 spiro atoms. The highest BCUT2D eigenvalue weighted by Crippen LogP contribution is 2.36. The molecule has 1 N–H and O–H groups in total. The van der Waals surface area contributed by atoms with E-state index in [1.54, 1.807) is 0 Å². The van der Waals surface area contributed by atoms with Crippen LogP contribution >= 0.6 is 0 Å². The van der Waals surface area contributed by atoms with Gasteiger partial charge in [-0.1, -0.05) is 68.2 Å². The van der Waals surface area contributed by atoms with Crippen molar-refractivity contribution in [2.45, 2.75) is 93.6 Å². The molecule has 0 aromatic heterocycles. The summed E-state index contributed by atoms with van der Waals surface area (Å²) in [4.78, 5) is 0. The SMILES string of the molecule is CC.CC.CC(C)CCC1CCC(O)C(C(C)C)C1. The molecule has 1 saturated carbocycles. The van der Waals surface area contributed by atoms with Crippen LogP contribution in [-0.2, 0) is 0 Å². The van der Waals surface area contributed by atoms with Gasteiger partial charge in [0.25, 0.3) is 0 Å². The molecular weight excluding hydrogens is 232 g/mol. The molecule has 0 radical (unpaired) electrons. The molecule has 0 aromatic carbocycles. The molecule has 0 aromatic rings. The third-order valence-corrected chi connectivity index (χ3v) is 3.98. The number of hydrogen-bond donors (Lipinski definition) is 1. The van der Waals surface area contributed by atoms with Crippen LogP contribution in [0.1, 0.15) is 87.5 Å². The van der Waals surface area contributed by atoms with Gasteiger partial charge in [0.2, 0.25) is 0 Å². The van der Waals surface area contributed by atoms with Crippen molar-refractivity contribution >= 4 is 0 Å². The second-order valence-electron chi connectivity index (χ2n) is 6.13. The normalized spacial score (nSPS) is 26.4. The van der Waals surface area contributed by atoms with E-state index in [-0.39, 0.29) is 6.10 Å². The Labute approximate surface area is 123 Å². The smallest absolute Gasteiger partial charge is 0.0571 e. The fourth-order valence-electron chi connectivity index (χ4n) is 2.83. The molecule has 3 atom stereocenters. The molecule has 1 nitrogen and oxygen atoms in total. The molecule has 1 aliphatic carbocycles. The van der Waals surface area contributed by atoms with E-state index >= 15 is 0 Å². The third kappa shape index (κ3) is 9.49. The molecule has 0 heterocycles. The highest BCUT2D eigenvalue weighted by atomic mass is 16.3. The van der Waals surface area contributed by atoms with Crippen molar-refractivity contribution < 1.29 is 5.11 Å². The monoisotopic (exact) mass is 272 g/mol. The first-order valence-corrected chi connectivity index (χ1v) is 8.68. The van der Waals surface area contributed by atoms with Crippen molar-refractivity contribution in [3.63, 3.8) is 0 Å². The van der Waals surface area contributed by atoms with Gasteiger partial charge in [0.05, 0.1) is 6.10 Å². The van der Waals surface area contributed by atoms with Gasteiger partial charge in [-0.05, 0) is 42.9 Å². The summed E-state index contributed by atoms with van der Waals surface area (Å²) in [5, 5.41) is 9.93. The molecule has 0 aliphatic heterocycles. The summed E-state index contributed by atoms with van der Waals surface area (Å²) in [6, 6.07) is 0. The zero-order chi connectivity index (χ0) is 15.4. The first-order chi connectivity index (χ1) is 9.00. The summed E-state index contributed by atoms with van der Waals surface area (Å²) < 4.78 is 0. The van der Waals surface area contributed by atoms with E-state index in [4.69, 9.17) is 0 Å². The predicted molar refractivity (Wildman–Crippen MR) is 88.4 cm³/mol. The summed E-state index contributed by atoms with van der Waals surface area (Å²) in [5.74, 6) is 2.90. The lowest BCUT2D eigenvalue weighted by Gasteiger charge is -2.36. The molecule has 1 fully saturated rings. The van der Waals surface area contributed by atoms with Gasteiger partial charge >= 0.3 is 0 Å². The van der Waals surface area contributed by atoms with E-state index in [0.717, 1.165) is 18.3 Å². The summed E-state index contributed by atoms with van der Waals surface area (Å²) in [7, 11) is 0. The Morgan fingerprint density at radius 1 is 0.947 bits per heavy atom. The lowest BCUT2D eigenvalue weighted by atomic mass is 9.72. The van der Waals surface area contributed by atoms with Crippen molar-refractivity contribution in [1.82, 2.24) is 0 Å². The van der Waals surface area contributed by atoms with Crippen LogP contribution < -0.4 is 0 Å². The minimum Gasteiger partial charge on any atom is -0.393 e. The minimum absolute atomic E-state index is 0.0275. The Bertz CT molecular complexity index is 175. The number of aliphatic hydroxyl groups excluding tert-OH is 1. The molecule has 1 rings (SSSR count). The topological polar surface area (TPSA) is 20.2 Å². The summed E-state index contributed by atoms with van der Waals surface area (Å²) in [6.07, 6.45) is 6.23. The maximum atomic E-state index is 9.93. The third-order valence-electron chi connectivity index (χ3n) is 3.98. The molecular formula is C18H40O. The van der Waals surface area contributed by atoms with Gasteiger partial charge in [-0.2, -0.15) is 0 Å². The van der Waals surface area contributed by atoms with Crippen LogP contribution in [0.4, 0.5) is 0 Å². The predicted octanol–water partition coefficient (Wildman–Crippen LogP) is 5.91.